The van der Waals surface area contributed by atoms with Crippen molar-refractivity contribution in [2.45, 2.75) is 58.4 Å². The van der Waals surface area contributed by atoms with Crippen molar-refractivity contribution in [1.82, 2.24) is 14.9 Å². The van der Waals surface area contributed by atoms with E-state index in [2.05, 4.69) is 86.3 Å². The third-order valence-electron chi connectivity index (χ3n) is 7.06. The standard InChI is InChI=1S/C30H38N4O2/c1-21-10-14-23(15-11-21)28-29(24-16-12-22(2)13-17-24)32-30-26(31-28)19-25(33(3)4)20-34(30)18-8-6-5-7-9-27(35)36/h10-17,25H,5-9,18-20H2,1-4H3,(H,35,36)/t25-/m0/s1. The lowest BCUT2D eigenvalue weighted by Gasteiger charge is -2.38. The zero-order chi connectivity index (χ0) is 25.7. The molecule has 0 saturated heterocycles. The number of fused-ring (bicyclic) bond motifs is 1. The van der Waals surface area contributed by atoms with Crippen molar-refractivity contribution in [2.24, 2.45) is 0 Å². The molecule has 0 spiro atoms. The highest BCUT2D eigenvalue weighted by Gasteiger charge is 2.30. The number of hydrogen-bond donors (Lipinski definition) is 1. The number of anilines is 1. The molecule has 2 heterocycles. The van der Waals surface area contributed by atoms with Crippen LogP contribution in [0, 0.1) is 13.8 Å². The Balaban J connectivity index is 1.69. The number of carboxylic acid groups (broad SMARTS) is 1. The Bertz CT molecular complexity index is 1170. The van der Waals surface area contributed by atoms with Crippen molar-refractivity contribution in [3.63, 3.8) is 0 Å². The molecule has 36 heavy (non-hydrogen) atoms. The van der Waals surface area contributed by atoms with Gasteiger partial charge >= 0.3 is 5.97 Å². The Morgan fingerprint density at radius 1 is 0.889 bits per heavy atom. The predicted octanol–water partition coefficient (Wildman–Crippen LogP) is 5.76. The number of carbonyl (C=O) groups is 1. The van der Waals surface area contributed by atoms with Crippen LogP contribution in [0.15, 0.2) is 48.5 Å². The van der Waals surface area contributed by atoms with Crippen LogP contribution in [-0.4, -0.2) is 59.2 Å². The second-order valence-electron chi connectivity index (χ2n) is 10.2. The van der Waals surface area contributed by atoms with Crippen LogP contribution in [0.5, 0.6) is 0 Å². The zero-order valence-electron chi connectivity index (χ0n) is 22.0. The molecule has 0 radical (unpaired) electrons. The highest BCUT2D eigenvalue weighted by molar-refractivity contribution is 5.80. The Labute approximate surface area is 215 Å². The van der Waals surface area contributed by atoms with Gasteiger partial charge in [-0.15, -0.1) is 0 Å². The number of likely N-dealkylation sites (N-methyl/N-ethyl adjacent to an activating group) is 1. The van der Waals surface area contributed by atoms with Gasteiger partial charge in [0.25, 0.3) is 0 Å². The molecule has 6 heteroatoms. The van der Waals surface area contributed by atoms with Crippen LogP contribution in [0.25, 0.3) is 22.5 Å². The van der Waals surface area contributed by atoms with Gasteiger partial charge in [0.1, 0.15) is 0 Å². The van der Waals surface area contributed by atoms with Crippen LogP contribution in [-0.2, 0) is 11.2 Å². The smallest absolute Gasteiger partial charge is 0.303 e. The largest absolute Gasteiger partial charge is 0.481 e. The van der Waals surface area contributed by atoms with E-state index in [1.165, 1.54) is 11.1 Å². The summed E-state index contributed by atoms with van der Waals surface area (Å²) < 4.78 is 0. The summed E-state index contributed by atoms with van der Waals surface area (Å²) in [4.78, 5) is 26.0. The molecule has 0 unspecified atom stereocenters. The van der Waals surface area contributed by atoms with Crippen LogP contribution < -0.4 is 4.90 Å². The van der Waals surface area contributed by atoms with E-state index in [0.717, 1.165) is 79.2 Å². The molecule has 1 aromatic heterocycles. The van der Waals surface area contributed by atoms with Crippen molar-refractivity contribution in [3.8, 4) is 22.5 Å². The minimum absolute atomic E-state index is 0.252. The fourth-order valence-electron chi connectivity index (χ4n) is 4.78. The molecular formula is C30H38N4O2. The summed E-state index contributed by atoms with van der Waals surface area (Å²) in [6.45, 7) is 6.02. The first-order chi connectivity index (χ1) is 17.3. The summed E-state index contributed by atoms with van der Waals surface area (Å²) in [5, 5.41) is 8.89. The lowest BCUT2D eigenvalue weighted by molar-refractivity contribution is -0.137. The van der Waals surface area contributed by atoms with Gasteiger partial charge in [0.15, 0.2) is 5.82 Å². The molecule has 2 aromatic carbocycles. The summed E-state index contributed by atoms with van der Waals surface area (Å²) in [5.41, 5.74) is 7.53. The molecule has 4 rings (SSSR count). The molecule has 6 nitrogen and oxygen atoms in total. The minimum Gasteiger partial charge on any atom is -0.481 e. The second kappa shape index (κ2) is 11.7. The number of hydrogen-bond acceptors (Lipinski definition) is 5. The molecule has 0 amide bonds. The van der Waals surface area contributed by atoms with Crippen LogP contribution in [0.2, 0.25) is 0 Å². The van der Waals surface area contributed by atoms with Crippen molar-refractivity contribution in [2.75, 3.05) is 32.1 Å². The monoisotopic (exact) mass is 486 g/mol. The van der Waals surface area contributed by atoms with Gasteiger partial charge in [0.2, 0.25) is 0 Å². The average Bonchev–Trinajstić information content (AvgIpc) is 2.86. The van der Waals surface area contributed by atoms with Crippen LogP contribution in [0.3, 0.4) is 0 Å². The molecule has 0 saturated carbocycles. The maximum atomic E-state index is 10.8. The van der Waals surface area contributed by atoms with E-state index in [1.54, 1.807) is 0 Å². The molecule has 1 aliphatic heterocycles. The Morgan fingerprint density at radius 3 is 2.00 bits per heavy atom. The predicted molar refractivity (Wildman–Crippen MR) is 146 cm³/mol. The molecule has 1 N–H and O–H groups in total. The maximum Gasteiger partial charge on any atom is 0.303 e. The summed E-state index contributed by atoms with van der Waals surface area (Å²) >= 11 is 0. The SMILES string of the molecule is Cc1ccc(-c2nc3c(nc2-c2ccc(C)cc2)N(CCCCCCC(=O)O)C[C@@H](N(C)C)C3)cc1. The van der Waals surface area contributed by atoms with E-state index in [0.29, 0.717) is 6.04 Å². The van der Waals surface area contributed by atoms with Crippen LogP contribution >= 0.6 is 0 Å². The topological polar surface area (TPSA) is 69.6 Å². The number of carboxylic acids is 1. The highest BCUT2D eigenvalue weighted by Crippen LogP contribution is 2.35. The molecule has 1 atom stereocenters. The number of nitrogens with zero attached hydrogens (tertiary/aromatic N) is 4. The lowest BCUT2D eigenvalue weighted by Crippen LogP contribution is -2.46. The molecule has 0 bridgehead atoms. The van der Waals surface area contributed by atoms with Gasteiger partial charge in [-0.2, -0.15) is 0 Å². The third-order valence-corrected chi connectivity index (χ3v) is 7.06. The van der Waals surface area contributed by atoms with Crippen molar-refractivity contribution < 1.29 is 9.90 Å². The molecule has 0 aliphatic carbocycles. The number of aromatic nitrogens is 2. The Hall–Kier alpha value is -3.25. The number of rotatable bonds is 10. The van der Waals surface area contributed by atoms with E-state index in [4.69, 9.17) is 15.1 Å². The molecular weight excluding hydrogens is 448 g/mol. The number of aliphatic carboxylic acids is 1. The first-order valence-electron chi connectivity index (χ1n) is 13.0. The second-order valence-corrected chi connectivity index (χ2v) is 10.2. The van der Waals surface area contributed by atoms with E-state index >= 15 is 0 Å². The molecule has 3 aromatic rings. The third kappa shape index (κ3) is 6.30. The number of benzene rings is 2. The van der Waals surface area contributed by atoms with Crippen LogP contribution in [0.1, 0.15) is 48.9 Å². The van der Waals surface area contributed by atoms with Gasteiger partial charge < -0.3 is 14.9 Å². The Kier molecular flexibility index (Phi) is 8.36. The summed E-state index contributed by atoms with van der Waals surface area (Å²) in [7, 11) is 4.27. The van der Waals surface area contributed by atoms with E-state index < -0.39 is 5.97 Å². The molecule has 190 valence electrons. The van der Waals surface area contributed by atoms with Crippen LogP contribution in [0.4, 0.5) is 5.82 Å². The van der Waals surface area contributed by atoms with E-state index in [9.17, 15) is 4.79 Å². The summed E-state index contributed by atoms with van der Waals surface area (Å²) in [6.07, 6.45) is 4.84. The maximum absolute atomic E-state index is 10.8. The first-order valence-corrected chi connectivity index (χ1v) is 13.0. The average molecular weight is 487 g/mol. The van der Waals surface area contributed by atoms with Crippen molar-refractivity contribution in [3.05, 3.63) is 65.4 Å². The van der Waals surface area contributed by atoms with Gasteiger partial charge in [-0.3, -0.25) is 4.79 Å². The van der Waals surface area contributed by atoms with Crippen molar-refractivity contribution >= 4 is 11.8 Å². The minimum atomic E-state index is -0.711. The number of aryl methyl sites for hydroxylation is 2. The van der Waals surface area contributed by atoms with Gasteiger partial charge in [0, 0.05) is 43.1 Å². The molecule has 1 aliphatic rings. The quantitative estimate of drug-likeness (QED) is 0.368. The van der Waals surface area contributed by atoms with Gasteiger partial charge in [0.05, 0.1) is 17.1 Å². The zero-order valence-corrected chi connectivity index (χ0v) is 22.0. The fourth-order valence-corrected chi connectivity index (χ4v) is 4.78. The van der Waals surface area contributed by atoms with Gasteiger partial charge in [-0.05, 0) is 40.8 Å². The van der Waals surface area contributed by atoms with Gasteiger partial charge in [-0.25, -0.2) is 9.97 Å². The summed E-state index contributed by atoms with van der Waals surface area (Å²) in [5.74, 6) is 0.280. The summed E-state index contributed by atoms with van der Waals surface area (Å²) in [6, 6.07) is 17.5. The molecule has 0 fully saturated rings. The normalized spacial score (nSPS) is 15.2. The first kappa shape index (κ1) is 25.8. The lowest BCUT2D eigenvalue weighted by atomic mass is 9.99. The highest BCUT2D eigenvalue weighted by atomic mass is 16.4. The Morgan fingerprint density at radius 2 is 1.44 bits per heavy atom. The van der Waals surface area contributed by atoms with Crippen molar-refractivity contribution in [1.29, 1.82) is 0 Å². The van der Waals surface area contributed by atoms with E-state index in [-0.39, 0.29) is 6.42 Å². The number of unbranched alkanes of at least 4 members (excludes halogenated alkanes) is 3. The van der Waals surface area contributed by atoms with Gasteiger partial charge in [-0.1, -0.05) is 72.5 Å². The van der Waals surface area contributed by atoms with E-state index in [1.807, 2.05) is 0 Å². The fraction of sp³-hybridized carbons (Fsp3) is 0.433.